The number of rotatable bonds is 4. The molecule has 0 bridgehead atoms. The fourth-order valence-electron chi connectivity index (χ4n) is 3.30. The largest absolute Gasteiger partial charge is 0.369 e. The first-order valence-electron chi connectivity index (χ1n) is 9.01. The summed E-state index contributed by atoms with van der Waals surface area (Å²) in [6, 6.07) is 8.03. The molecule has 0 aliphatic carbocycles. The summed E-state index contributed by atoms with van der Waals surface area (Å²) in [6.07, 6.45) is 3.73. The normalized spacial score (nSPS) is 16.0. The number of pyridine rings is 2. The fourth-order valence-corrected chi connectivity index (χ4v) is 3.30. The Morgan fingerprint density at radius 1 is 1.04 bits per heavy atom. The molecule has 26 heavy (non-hydrogen) atoms. The van der Waals surface area contributed by atoms with Gasteiger partial charge in [0.1, 0.15) is 5.82 Å². The van der Waals surface area contributed by atoms with Crippen LogP contribution in [0.2, 0.25) is 0 Å². The van der Waals surface area contributed by atoms with Crippen LogP contribution < -0.4 is 10.2 Å². The van der Waals surface area contributed by atoms with Crippen LogP contribution in [0.4, 0.5) is 17.3 Å². The van der Waals surface area contributed by atoms with Crippen LogP contribution in [0.1, 0.15) is 39.2 Å². The Morgan fingerprint density at radius 3 is 2.58 bits per heavy atom. The molecule has 3 aromatic rings. The highest BCUT2D eigenvalue weighted by Gasteiger charge is 2.34. The van der Waals surface area contributed by atoms with Crippen molar-refractivity contribution in [1.29, 1.82) is 0 Å². The van der Waals surface area contributed by atoms with Gasteiger partial charge in [-0.1, -0.05) is 27.7 Å². The molecule has 1 saturated heterocycles. The zero-order valence-electron chi connectivity index (χ0n) is 15.7. The van der Waals surface area contributed by atoms with Gasteiger partial charge in [0.25, 0.3) is 0 Å². The summed E-state index contributed by atoms with van der Waals surface area (Å²) in [5, 5.41) is 11.5. The molecule has 3 aromatic heterocycles. The maximum absolute atomic E-state index is 4.71. The average molecular weight is 348 g/mol. The summed E-state index contributed by atoms with van der Waals surface area (Å²) in [5.74, 6) is 1.86. The molecule has 0 atom stereocenters. The van der Waals surface area contributed by atoms with E-state index in [0.29, 0.717) is 17.2 Å². The molecule has 134 valence electrons. The van der Waals surface area contributed by atoms with E-state index in [0.717, 1.165) is 41.2 Å². The van der Waals surface area contributed by atoms with Crippen molar-refractivity contribution in [2.45, 2.75) is 33.6 Å². The number of anilines is 3. The van der Waals surface area contributed by atoms with Crippen LogP contribution in [0.15, 0.2) is 36.7 Å². The molecule has 0 radical (unpaired) electrons. The summed E-state index contributed by atoms with van der Waals surface area (Å²) in [5.41, 5.74) is 4.42. The second-order valence-corrected chi connectivity index (χ2v) is 8.10. The van der Waals surface area contributed by atoms with Crippen molar-refractivity contribution < 1.29 is 0 Å². The highest BCUT2D eigenvalue weighted by atomic mass is 15.2. The van der Waals surface area contributed by atoms with Crippen LogP contribution in [0, 0.1) is 5.41 Å². The van der Waals surface area contributed by atoms with Gasteiger partial charge >= 0.3 is 0 Å². The van der Waals surface area contributed by atoms with Gasteiger partial charge in [-0.2, -0.15) is 5.10 Å². The van der Waals surface area contributed by atoms with Crippen LogP contribution in [-0.4, -0.2) is 33.3 Å². The highest BCUT2D eigenvalue weighted by molar-refractivity contribution is 5.80. The van der Waals surface area contributed by atoms with Gasteiger partial charge in [-0.05, 0) is 41.2 Å². The first-order valence-corrected chi connectivity index (χ1v) is 9.01. The van der Waals surface area contributed by atoms with Crippen LogP contribution in [0.5, 0.6) is 0 Å². The summed E-state index contributed by atoms with van der Waals surface area (Å²) in [7, 11) is 0. The number of nitrogens with zero attached hydrogens (tertiary/aromatic N) is 5. The SMILES string of the molecule is CC(C)c1cnnc(Nc2ccc3ncc(N4CC(C)(C)C4)cc3n2)c1. The number of aromatic nitrogens is 4. The Balaban J connectivity index is 1.59. The molecule has 6 heteroatoms. The van der Waals surface area contributed by atoms with Crippen molar-refractivity contribution in [1.82, 2.24) is 20.2 Å². The van der Waals surface area contributed by atoms with Crippen molar-refractivity contribution in [3.8, 4) is 0 Å². The molecule has 1 fully saturated rings. The molecule has 1 N–H and O–H groups in total. The summed E-state index contributed by atoms with van der Waals surface area (Å²) >= 11 is 0. The Morgan fingerprint density at radius 2 is 1.85 bits per heavy atom. The molecule has 0 spiro atoms. The van der Waals surface area contributed by atoms with Crippen molar-refractivity contribution >= 4 is 28.4 Å². The van der Waals surface area contributed by atoms with E-state index in [-0.39, 0.29) is 0 Å². The molecule has 6 nitrogen and oxygen atoms in total. The van der Waals surface area contributed by atoms with E-state index in [2.05, 4.69) is 59.2 Å². The zero-order chi connectivity index (χ0) is 18.3. The van der Waals surface area contributed by atoms with Crippen LogP contribution in [0.3, 0.4) is 0 Å². The molecule has 4 rings (SSSR count). The molecular formula is C20H24N6. The third-order valence-electron chi connectivity index (χ3n) is 4.72. The minimum atomic E-state index is 0.381. The van der Waals surface area contributed by atoms with Crippen molar-refractivity contribution in [2.75, 3.05) is 23.3 Å². The van der Waals surface area contributed by atoms with E-state index in [1.54, 1.807) is 6.20 Å². The van der Waals surface area contributed by atoms with Crippen molar-refractivity contribution in [3.05, 3.63) is 42.2 Å². The fraction of sp³-hybridized carbons (Fsp3) is 0.400. The van der Waals surface area contributed by atoms with E-state index >= 15 is 0 Å². The molecule has 0 amide bonds. The second-order valence-electron chi connectivity index (χ2n) is 8.10. The van der Waals surface area contributed by atoms with Gasteiger partial charge in [0.2, 0.25) is 0 Å². The van der Waals surface area contributed by atoms with E-state index < -0.39 is 0 Å². The molecule has 4 heterocycles. The minimum Gasteiger partial charge on any atom is -0.369 e. The van der Waals surface area contributed by atoms with Gasteiger partial charge in [-0.3, -0.25) is 4.98 Å². The Hall–Kier alpha value is -2.76. The van der Waals surface area contributed by atoms with Crippen LogP contribution in [-0.2, 0) is 0 Å². The summed E-state index contributed by atoms with van der Waals surface area (Å²) < 4.78 is 0. The quantitative estimate of drug-likeness (QED) is 0.764. The standard InChI is InChI=1S/C20H24N6/c1-13(2)14-7-19(25-22-9-14)24-18-6-5-16-17(23-18)8-15(10-21-16)26-11-20(3,4)12-26/h5-10,13H,11-12H2,1-4H3,(H,23,24,25). The first-order chi connectivity index (χ1) is 12.4. The molecular weight excluding hydrogens is 324 g/mol. The maximum Gasteiger partial charge on any atom is 0.154 e. The second kappa shape index (κ2) is 6.20. The van der Waals surface area contributed by atoms with Crippen molar-refractivity contribution in [3.63, 3.8) is 0 Å². The van der Waals surface area contributed by atoms with Gasteiger partial charge < -0.3 is 10.2 Å². The van der Waals surface area contributed by atoms with E-state index in [1.165, 1.54) is 0 Å². The lowest BCUT2D eigenvalue weighted by Crippen LogP contribution is -2.53. The van der Waals surface area contributed by atoms with Gasteiger partial charge in [0.05, 0.1) is 29.1 Å². The predicted octanol–water partition coefficient (Wildman–Crippen LogP) is 4.13. The molecule has 0 unspecified atom stereocenters. The summed E-state index contributed by atoms with van der Waals surface area (Å²) in [4.78, 5) is 11.6. The van der Waals surface area contributed by atoms with Gasteiger partial charge in [0.15, 0.2) is 5.82 Å². The lowest BCUT2D eigenvalue weighted by Gasteiger charge is -2.47. The predicted molar refractivity (Wildman–Crippen MR) is 105 cm³/mol. The molecule has 1 aliphatic rings. The van der Waals surface area contributed by atoms with Gasteiger partial charge in [-0.25, -0.2) is 4.98 Å². The lowest BCUT2D eigenvalue weighted by molar-refractivity contribution is 0.276. The zero-order valence-corrected chi connectivity index (χ0v) is 15.7. The third kappa shape index (κ3) is 3.31. The Bertz CT molecular complexity index is 942. The molecule has 0 aromatic carbocycles. The Labute approximate surface area is 153 Å². The molecule has 1 aliphatic heterocycles. The Kier molecular flexibility index (Phi) is 3.98. The lowest BCUT2D eigenvalue weighted by atomic mass is 9.84. The highest BCUT2D eigenvalue weighted by Crippen LogP contribution is 2.34. The smallest absolute Gasteiger partial charge is 0.154 e. The number of hydrogen-bond acceptors (Lipinski definition) is 6. The van der Waals surface area contributed by atoms with Crippen LogP contribution in [0.25, 0.3) is 11.0 Å². The van der Waals surface area contributed by atoms with Gasteiger partial charge in [0, 0.05) is 13.1 Å². The summed E-state index contributed by atoms with van der Waals surface area (Å²) in [6.45, 7) is 10.9. The van der Waals surface area contributed by atoms with Crippen molar-refractivity contribution in [2.24, 2.45) is 5.41 Å². The van der Waals surface area contributed by atoms with E-state index in [9.17, 15) is 0 Å². The number of hydrogen-bond donors (Lipinski definition) is 1. The monoisotopic (exact) mass is 348 g/mol. The first kappa shape index (κ1) is 16.7. The number of fused-ring (bicyclic) bond motifs is 1. The topological polar surface area (TPSA) is 66.8 Å². The number of nitrogens with one attached hydrogen (secondary N) is 1. The van der Waals surface area contributed by atoms with E-state index in [1.807, 2.05) is 24.4 Å². The van der Waals surface area contributed by atoms with E-state index in [4.69, 9.17) is 4.98 Å². The minimum absolute atomic E-state index is 0.381. The molecule has 0 saturated carbocycles. The van der Waals surface area contributed by atoms with Gasteiger partial charge in [-0.15, -0.1) is 5.10 Å². The third-order valence-corrected chi connectivity index (χ3v) is 4.72. The maximum atomic E-state index is 4.71. The average Bonchev–Trinajstić information content (AvgIpc) is 2.59. The van der Waals surface area contributed by atoms with Crippen LogP contribution >= 0.6 is 0 Å².